The van der Waals surface area contributed by atoms with E-state index in [0.717, 1.165) is 11.4 Å². The summed E-state index contributed by atoms with van der Waals surface area (Å²) in [6, 6.07) is 5.12. The van der Waals surface area contributed by atoms with Gasteiger partial charge in [0.2, 0.25) is 5.88 Å². The van der Waals surface area contributed by atoms with Crippen molar-refractivity contribution in [1.82, 2.24) is 30.2 Å². The van der Waals surface area contributed by atoms with Gasteiger partial charge in [0.1, 0.15) is 12.4 Å². The van der Waals surface area contributed by atoms with Crippen LogP contribution in [0.4, 0.5) is 19.0 Å². The van der Waals surface area contributed by atoms with Crippen LogP contribution in [0.2, 0.25) is 0 Å². The number of rotatable bonds is 6. The van der Waals surface area contributed by atoms with Crippen LogP contribution in [-0.4, -0.2) is 83.9 Å². The maximum absolute atomic E-state index is 13.0. The molecule has 3 aromatic heterocycles. The molecule has 1 aliphatic rings. The van der Waals surface area contributed by atoms with Gasteiger partial charge >= 0.3 is 6.18 Å². The molecule has 0 aliphatic carbocycles. The van der Waals surface area contributed by atoms with Crippen molar-refractivity contribution in [3.05, 3.63) is 36.8 Å². The number of aromatic nitrogens is 4. The normalized spacial score (nSPS) is 17.5. The minimum atomic E-state index is -4.27. The maximum atomic E-state index is 13.0. The average molecular weight is 447 g/mol. The standard InChI is InChI=1S/C21H24F3N7O/c1-30(2)18-4-3-14(10-28-18)16-9-17-19(27-6-5-26-17)20(29-16)32-12-15-11-25-7-8-31(15)13-21(22,23)24/h3-6,9-10,15,25H,7-8,11-13H2,1-2H3/t15-/m0/s1. The zero-order chi connectivity index (χ0) is 22.7. The fourth-order valence-corrected chi connectivity index (χ4v) is 3.57. The van der Waals surface area contributed by atoms with Gasteiger partial charge in [0.05, 0.1) is 23.8 Å². The van der Waals surface area contributed by atoms with Crippen molar-refractivity contribution in [2.75, 3.05) is 51.8 Å². The minimum Gasteiger partial charge on any atom is -0.474 e. The van der Waals surface area contributed by atoms with Crippen LogP contribution in [0.5, 0.6) is 5.88 Å². The van der Waals surface area contributed by atoms with Gasteiger partial charge in [0, 0.05) is 57.9 Å². The SMILES string of the molecule is CN(C)c1ccc(-c2cc3nccnc3c(OC[C@@H]3CNCCN3CC(F)(F)F)n2)cn1. The Bertz CT molecular complexity index is 1060. The molecule has 0 amide bonds. The summed E-state index contributed by atoms with van der Waals surface area (Å²) in [4.78, 5) is 20.9. The first-order valence-electron chi connectivity index (χ1n) is 10.2. The Morgan fingerprint density at radius 2 is 2.00 bits per heavy atom. The highest BCUT2D eigenvalue weighted by molar-refractivity contribution is 5.83. The summed E-state index contributed by atoms with van der Waals surface area (Å²) in [6.45, 7) is 0.273. The van der Waals surface area contributed by atoms with Gasteiger partial charge in [0.15, 0.2) is 5.52 Å². The molecule has 0 bridgehead atoms. The Morgan fingerprint density at radius 1 is 1.19 bits per heavy atom. The second kappa shape index (κ2) is 9.21. The number of anilines is 1. The summed E-state index contributed by atoms with van der Waals surface area (Å²) in [7, 11) is 3.81. The molecule has 0 radical (unpaired) electrons. The molecule has 0 spiro atoms. The average Bonchev–Trinajstić information content (AvgIpc) is 2.77. The van der Waals surface area contributed by atoms with Gasteiger partial charge in [-0.05, 0) is 18.2 Å². The van der Waals surface area contributed by atoms with Gasteiger partial charge in [-0.2, -0.15) is 13.2 Å². The molecule has 0 aromatic carbocycles. The molecule has 3 aromatic rings. The second-order valence-corrected chi connectivity index (χ2v) is 7.79. The third-order valence-corrected chi connectivity index (χ3v) is 5.19. The summed E-state index contributed by atoms with van der Waals surface area (Å²) in [5.41, 5.74) is 2.41. The Morgan fingerprint density at radius 3 is 2.72 bits per heavy atom. The summed E-state index contributed by atoms with van der Waals surface area (Å²) >= 11 is 0. The predicted octanol–water partition coefficient (Wildman–Crippen LogP) is 2.37. The van der Waals surface area contributed by atoms with Gasteiger partial charge in [-0.15, -0.1) is 0 Å². The van der Waals surface area contributed by atoms with E-state index >= 15 is 0 Å². The van der Waals surface area contributed by atoms with E-state index in [2.05, 4.69) is 25.3 Å². The van der Waals surface area contributed by atoms with E-state index < -0.39 is 18.8 Å². The van der Waals surface area contributed by atoms with Crippen molar-refractivity contribution in [1.29, 1.82) is 0 Å². The lowest BCUT2D eigenvalue weighted by atomic mass is 10.1. The third-order valence-electron chi connectivity index (χ3n) is 5.19. The number of hydrogen-bond acceptors (Lipinski definition) is 8. The number of ether oxygens (including phenoxy) is 1. The van der Waals surface area contributed by atoms with Crippen molar-refractivity contribution in [2.45, 2.75) is 12.2 Å². The molecule has 1 atom stereocenters. The van der Waals surface area contributed by atoms with Gasteiger partial charge in [-0.1, -0.05) is 0 Å². The number of nitrogens with zero attached hydrogens (tertiary/aromatic N) is 6. The molecule has 0 saturated carbocycles. The number of alkyl halides is 3. The lowest BCUT2D eigenvalue weighted by molar-refractivity contribution is -0.153. The van der Waals surface area contributed by atoms with Gasteiger partial charge < -0.3 is 15.0 Å². The number of nitrogens with one attached hydrogen (secondary N) is 1. The molecule has 4 heterocycles. The topological polar surface area (TPSA) is 79.3 Å². The summed E-state index contributed by atoms with van der Waals surface area (Å²) in [6.07, 6.45) is 0.541. The quantitative estimate of drug-likeness (QED) is 0.617. The molecule has 170 valence electrons. The first kappa shape index (κ1) is 22.2. The zero-order valence-electron chi connectivity index (χ0n) is 17.8. The summed E-state index contributed by atoms with van der Waals surface area (Å²) in [5, 5.41) is 3.13. The van der Waals surface area contributed by atoms with E-state index in [0.29, 0.717) is 36.4 Å². The molecular formula is C21H24F3N7O. The number of pyridine rings is 2. The second-order valence-electron chi connectivity index (χ2n) is 7.79. The molecule has 1 N–H and O–H groups in total. The monoisotopic (exact) mass is 447 g/mol. The van der Waals surface area contributed by atoms with Crippen molar-refractivity contribution >= 4 is 16.9 Å². The Labute approximate surface area is 183 Å². The van der Waals surface area contributed by atoms with Crippen molar-refractivity contribution in [2.24, 2.45) is 0 Å². The van der Waals surface area contributed by atoms with Crippen LogP contribution in [0, 0.1) is 0 Å². The highest BCUT2D eigenvalue weighted by Crippen LogP contribution is 2.28. The fraction of sp³-hybridized carbons (Fsp3) is 0.429. The zero-order valence-corrected chi connectivity index (χ0v) is 17.8. The lowest BCUT2D eigenvalue weighted by Crippen LogP contribution is -2.56. The Kier molecular flexibility index (Phi) is 6.38. The number of fused-ring (bicyclic) bond motifs is 1. The first-order valence-corrected chi connectivity index (χ1v) is 10.2. The molecule has 1 aliphatic heterocycles. The van der Waals surface area contributed by atoms with Crippen molar-refractivity contribution < 1.29 is 17.9 Å². The summed E-state index contributed by atoms with van der Waals surface area (Å²) in [5.74, 6) is 1.04. The van der Waals surface area contributed by atoms with Crippen molar-refractivity contribution in [3.63, 3.8) is 0 Å². The van der Waals surface area contributed by atoms with Gasteiger partial charge in [-0.25, -0.2) is 15.0 Å². The van der Waals surface area contributed by atoms with E-state index in [1.807, 2.05) is 31.1 Å². The predicted molar refractivity (Wildman–Crippen MR) is 115 cm³/mol. The first-order chi connectivity index (χ1) is 15.3. The lowest BCUT2D eigenvalue weighted by Gasteiger charge is -2.36. The smallest absolute Gasteiger partial charge is 0.401 e. The van der Waals surface area contributed by atoms with E-state index in [9.17, 15) is 13.2 Å². The van der Waals surface area contributed by atoms with Crippen LogP contribution in [0.25, 0.3) is 22.3 Å². The van der Waals surface area contributed by atoms with Crippen LogP contribution in [0.3, 0.4) is 0 Å². The van der Waals surface area contributed by atoms with Crippen LogP contribution in [-0.2, 0) is 0 Å². The molecule has 1 saturated heterocycles. The van der Waals surface area contributed by atoms with E-state index in [4.69, 9.17) is 4.74 Å². The minimum absolute atomic E-state index is 0.0447. The van der Waals surface area contributed by atoms with Gasteiger partial charge in [0.25, 0.3) is 0 Å². The summed E-state index contributed by atoms with van der Waals surface area (Å²) < 4.78 is 44.8. The molecule has 0 unspecified atom stereocenters. The van der Waals surface area contributed by atoms with Gasteiger partial charge in [-0.3, -0.25) is 9.88 Å². The molecular weight excluding hydrogens is 423 g/mol. The highest BCUT2D eigenvalue weighted by Gasteiger charge is 2.35. The molecule has 4 rings (SSSR count). The van der Waals surface area contributed by atoms with E-state index in [1.165, 1.54) is 11.1 Å². The van der Waals surface area contributed by atoms with Crippen LogP contribution in [0.1, 0.15) is 0 Å². The fourth-order valence-electron chi connectivity index (χ4n) is 3.57. The Balaban J connectivity index is 1.60. The van der Waals surface area contributed by atoms with Crippen LogP contribution >= 0.6 is 0 Å². The number of piperazine rings is 1. The number of hydrogen-bond donors (Lipinski definition) is 1. The highest BCUT2D eigenvalue weighted by atomic mass is 19.4. The van der Waals surface area contributed by atoms with E-state index in [-0.39, 0.29) is 12.5 Å². The molecule has 8 nitrogen and oxygen atoms in total. The largest absolute Gasteiger partial charge is 0.474 e. The molecule has 11 heteroatoms. The molecule has 1 fully saturated rings. The third kappa shape index (κ3) is 5.22. The number of halogens is 3. The molecule has 32 heavy (non-hydrogen) atoms. The maximum Gasteiger partial charge on any atom is 0.401 e. The van der Waals surface area contributed by atoms with E-state index in [1.54, 1.807) is 18.5 Å². The van der Waals surface area contributed by atoms with Crippen LogP contribution in [0.15, 0.2) is 36.8 Å². The van der Waals surface area contributed by atoms with Crippen LogP contribution < -0.4 is 15.0 Å². The Hall–Kier alpha value is -3.05. The van der Waals surface area contributed by atoms with Crippen molar-refractivity contribution in [3.8, 4) is 17.1 Å².